The van der Waals surface area contributed by atoms with Gasteiger partial charge in [-0.25, -0.2) is 0 Å². The lowest BCUT2D eigenvalue weighted by molar-refractivity contribution is -0.150. The van der Waals surface area contributed by atoms with Crippen LogP contribution in [0, 0.1) is 17.2 Å². The van der Waals surface area contributed by atoms with Gasteiger partial charge < -0.3 is 15.4 Å². The maximum absolute atomic E-state index is 12.7. The van der Waals surface area contributed by atoms with Crippen molar-refractivity contribution in [3.05, 3.63) is 75.2 Å². The van der Waals surface area contributed by atoms with Crippen molar-refractivity contribution in [2.45, 2.75) is 5.92 Å². The summed E-state index contributed by atoms with van der Waals surface area (Å²) in [5.41, 5.74) is 1.48. The smallest absolute Gasteiger partial charge is 0.319 e. The van der Waals surface area contributed by atoms with Crippen molar-refractivity contribution in [2.24, 2.45) is 5.92 Å². The molecular formula is C22H18BrN3O4S. The van der Waals surface area contributed by atoms with Crippen LogP contribution in [0.25, 0.3) is 0 Å². The number of nitriles is 1. The van der Waals surface area contributed by atoms with Crippen LogP contribution in [0.5, 0.6) is 0 Å². The van der Waals surface area contributed by atoms with Crippen molar-refractivity contribution in [1.82, 2.24) is 5.32 Å². The molecule has 0 aliphatic carbocycles. The maximum Gasteiger partial charge on any atom is 0.319 e. The lowest BCUT2D eigenvalue weighted by Gasteiger charge is -2.30. The number of hydrogen-bond donors (Lipinski definition) is 2. The predicted octanol–water partition coefficient (Wildman–Crippen LogP) is 3.56. The highest BCUT2D eigenvalue weighted by Gasteiger charge is 2.44. The number of esters is 1. The molecule has 0 spiro atoms. The van der Waals surface area contributed by atoms with Crippen molar-refractivity contribution in [2.75, 3.05) is 18.2 Å². The van der Waals surface area contributed by atoms with E-state index in [1.807, 2.05) is 0 Å². The first-order valence-electron chi connectivity index (χ1n) is 9.20. The molecule has 1 heterocycles. The predicted molar refractivity (Wildman–Crippen MR) is 121 cm³/mol. The molecule has 1 aliphatic rings. The Morgan fingerprint density at radius 2 is 1.87 bits per heavy atom. The highest BCUT2D eigenvalue weighted by atomic mass is 79.9. The zero-order valence-electron chi connectivity index (χ0n) is 16.4. The van der Waals surface area contributed by atoms with Gasteiger partial charge in [-0.3, -0.25) is 14.4 Å². The number of nitrogens with one attached hydrogen (secondary N) is 2. The molecule has 2 aromatic carbocycles. The van der Waals surface area contributed by atoms with Crippen LogP contribution in [-0.2, 0) is 19.1 Å². The third-order valence-electron chi connectivity index (χ3n) is 4.62. The molecule has 0 saturated carbocycles. The van der Waals surface area contributed by atoms with E-state index >= 15 is 0 Å². The number of hydrogen-bond acceptors (Lipinski definition) is 6. The molecule has 0 aromatic heterocycles. The molecule has 1 aliphatic heterocycles. The van der Waals surface area contributed by atoms with Crippen molar-refractivity contribution in [3.63, 3.8) is 0 Å². The second-order valence-corrected chi connectivity index (χ2v) is 8.48. The highest BCUT2D eigenvalue weighted by molar-refractivity contribution is 9.10. The van der Waals surface area contributed by atoms with Gasteiger partial charge in [-0.15, -0.1) is 0 Å². The lowest BCUT2D eigenvalue weighted by atomic mass is 9.78. The number of carbonyl (C=O) groups excluding carboxylic acids is 3. The number of ether oxygens (including phenoxy) is 1. The number of amides is 2. The molecule has 9 heteroatoms. The summed E-state index contributed by atoms with van der Waals surface area (Å²) in [5.74, 6) is -3.61. The van der Waals surface area contributed by atoms with Gasteiger partial charge in [0.25, 0.3) is 0 Å². The molecule has 2 aromatic rings. The molecule has 0 saturated heterocycles. The Labute approximate surface area is 192 Å². The monoisotopic (exact) mass is 499 g/mol. The Hall–Kier alpha value is -3.09. The number of nitrogens with zero attached hydrogens (tertiary/aromatic N) is 1. The van der Waals surface area contributed by atoms with E-state index in [9.17, 15) is 19.6 Å². The molecule has 0 fully saturated rings. The molecular weight excluding hydrogens is 482 g/mol. The normalized spacial score (nSPS) is 18.0. The van der Waals surface area contributed by atoms with Crippen molar-refractivity contribution in [1.29, 1.82) is 5.26 Å². The third-order valence-corrected chi connectivity index (χ3v) is 6.16. The van der Waals surface area contributed by atoms with E-state index in [0.717, 1.165) is 16.2 Å². The average molecular weight is 500 g/mol. The first-order chi connectivity index (χ1) is 14.9. The lowest BCUT2D eigenvalue weighted by Crippen LogP contribution is -2.44. The van der Waals surface area contributed by atoms with Crippen LogP contribution in [0.1, 0.15) is 11.5 Å². The summed E-state index contributed by atoms with van der Waals surface area (Å²) in [7, 11) is 1.20. The van der Waals surface area contributed by atoms with E-state index < -0.39 is 23.7 Å². The van der Waals surface area contributed by atoms with Crippen LogP contribution in [0.15, 0.2) is 69.7 Å². The fourth-order valence-corrected chi connectivity index (χ4v) is 4.32. The zero-order chi connectivity index (χ0) is 22.4. The van der Waals surface area contributed by atoms with Crippen LogP contribution in [0.4, 0.5) is 5.69 Å². The summed E-state index contributed by atoms with van der Waals surface area (Å²) in [6.07, 6.45) is 0. The van der Waals surface area contributed by atoms with Gasteiger partial charge >= 0.3 is 5.97 Å². The SMILES string of the molecule is COC(=O)[C@H]1C(=O)NC(SCC(=O)Nc2ccc(Br)cc2)=C(C#N)[C@@H]1c1ccccc1. The van der Waals surface area contributed by atoms with Gasteiger partial charge in [0, 0.05) is 16.1 Å². The molecule has 2 atom stereocenters. The number of halogens is 1. The first-order valence-corrected chi connectivity index (χ1v) is 11.0. The fraction of sp³-hybridized carbons (Fsp3) is 0.182. The van der Waals surface area contributed by atoms with E-state index in [4.69, 9.17) is 4.74 Å². The third kappa shape index (κ3) is 5.34. The molecule has 7 nitrogen and oxygen atoms in total. The Morgan fingerprint density at radius 1 is 1.19 bits per heavy atom. The van der Waals surface area contributed by atoms with Crippen LogP contribution in [0.2, 0.25) is 0 Å². The average Bonchev–Trinajstić information content (AvgIpc) is 2.78. The van der Waals surface area contributed by atoms with Gasteiger partial charge in [-0.2, -0.15) is 5.26 Å². The van der Waals surface area contributed by atoms with Crippen LogP contribution < -0.4 is 10.6 Å². The first kappa shape index (κ1) is 22.6. The summed E-state index contributed by atoms with van der Waals surface area (Å²) >= 11 is 4.37. The summed E-state index contributed by atoms with van der Waals surface area (Å²) in [4.78, 5) is 37.4. The Balaban J connectivity index is 1.85. The van der Waals surface area contributed by atoms with Crippen molar-refractivity contribution >= 4 is 51.2 Å². The van der Waals surface area contributed by atoms with Crippen molar-refractivity contribution < 1.29 is 19.1 Å². The van der Waals surface area contributed by atoms with Gasteiger partial charge in [-0.1, -0.05) is 58.0 Å². The van der Waals surface area contributed by atoms with E-state index in [1.54, 1.807) is 54.6 Å². The minimum atomic E-state index is -1.19. The van der Waals surface area contributed by atoms with Gasteiger partial charge in [0.1, 0.15) is 5.92 Å². The van der Waals surface area contributed by atoms with E-state index in [0.29, 0.717) is 11.3 Å². The second-order valence-electron chi connectivity index (χ2n) is 6.58. The quantitative estimate of drug-likeness (QED) is 0.464. The van der Waals surface area contributed by atoms with E-state index in [1.165, 1.54) is 7.11 Å². The van der Waals surface area contributed by atoms with Crippen LogP contribution >= 0.6 is 27.7 Å². The Bertz CT molecular complexity index is 1060. The maximum atomic E-state index is 12.7. The number of rotatable bonds is 6. The summed E-state index contributed by atoms with van der Waals surface area (Å²) < 4.78 is 5.70. The molecule has 158 valence electrons. The standard InChI is InChI=1S/C22H18BrN3O4S/c1-30-22(29)19-18(13-5-3-2-4-6-13)16(11-24)21(26-20(19)28)31-12-17(27)25-15-9-7-14(23)8-10-15/h2-10,18-19H,12H2,1H3,(H,25,27)(H,26,28)/t18-,19+/m0/s1. The molecule has 0 bridgehead atoms. The number of carbonyl (C=O) groups is 3. The van der Waals surface area contributed by atoms with Crippen LogP contribution in [0.3, 0.4) is 0 Å². The number of thioether (sulfide) groups is 1. The van der Waals surface area contributed by atoms with Gasteiger partial charge in [-0.05, 0) is 29.8 Å². The molecule has 0 radical (unpaired) electrons. The Kier molecular flexibility index (Phi) is 7.50. The van der Waals surface area contributed by atoms with Gasteiger partial charge in [0.15, 0.2) is 0 Å². The van der Waals surface area contributed by atoms with Gasteiger partial charge in [0.2, 0.25) is 11.8 Å². The molecule has 2 amide bonds. The fourth-order valence-electron chi connectivity index (χ4n) is 3.21. The highest BCUT2D eigenvalue weighted by Crippen LogP contribution is 2.40. The Morgan fingerprint density at radius 3 is 2.48 bits per heavy atom. The summed E-state index contributed by atoms with van der Waals surface area (Å²) in [5, 5.41) is 15.5. The number of methoxy groups -OCH3 is 1. The minimum absolute atomic E-state index is 0.0265. The molecule has 3 rings (SSSR count). The molecule has 31 heavy (non-hydrogen) atoms. The van der Waals surface area contributed by atoms with E-state index in [2.05, 4.69) is 32.6 Å². The summed E-state index contributed by atoms with van der Waals surface area (Å²) in [6, 6.07) is 18.1. The number of anilines is 1. The van der Waals surface area contributed by atoms with Gasteiger partial charge in [0.05, 0.1) is 29.5 Å². The topological polar surface area (TPSA) is 108 Å². The number of benzene rings is 2. The molecule has 2 N–H and O–H groups in total. The molecule has 0 unspecified atom stereocenters. The zero-order valence-corrected chi connectivity index (χ0v) is 18.8. The van der Waals surface area contributed by atoms with Crippen LogP contribution in [-0.4, -0.2) is 30.6 Å². The number of allylic oxidation sites excluding steroid dienone is 1. The minimum Gasteiger partial charge on any atom is -0.468 e. The summed E-state index contributed by atoms with van der Waals surface area (Å²) in [6.45, 7) is 0. The largest absolute Gasteiger partial charge is 0.468 e. The van der Waals surface area contributed by atoms with E-state index in [-0.39, 0.29) is 22.3 Å². The second kappa shape index (κ2) is 10.3. The van der Waals surface area contributed by atoms with Crippen molar-refractivity contribution in [3.8, 4) is 6.07 Å².